The predicted octanol–water partition coefficient (Wildman–Crippen LogP) is -0.286. The number of nitrogens with one attached hydrogen (secondary N) is 3. The molecule has 3 heterocycles. The molecule has 1 aliphatic carbocycles. The van der Waals surface area contributed by atoms with Crippen LogP contribution < -0.4 is 20.7 Å². The van der Waals surface area contributed by atoms with Gasteiger partial charge in [-0.05, 0) is 25.0 Å². The molecule has 1 saturated heterocycles. The van der Waals surface area contributed by atoms with E-state index in [1.807, 2.05) is 0 Å². The number of nitrogens with zero attached hydrogens (tertiary/aromatic N) is 6. The van der Waals surface area contributed by atoms with Gasteiger partial charge in [0.05, 0.1) is 54.3 Å². The van der Waals surface area contributed by atoms with Gasteiger partial charge in [0.2, 0.25) is 5.91 Å². The lowest BCUT2D eigenvalue weighted by atomic mass is 9.49. The van der Waals surface area contributed by atoms with Gasteiger partial charge in [-0.25, -0.2) is 4.39 Å². The third-order valence-electron chi connectivity index (χ3n) is 7.52. The minimum absolute atomic E-state index is 0.00470. The number of β-amino-alcohol motifs (C(OH)–C–C–N with tert-alkyl or cyclic N) is 1. The first-order chi connectivity index (χ1) is 21.9. The average molecular weight is 625 g/mol. The van der Waals surface area contributed by atoms with Crippen LogP contribution in [0, 0.1) is 11.7 Å². The maximum atomic E-state index is 15.2. The Morgan fingerprint density at radius 1 is 1.07 bits per heavy atom. The van der Waals surface area contributed by atoms with Crippen molar-refractivity contribution in [2.24, 2.45) is 13.0 Å². The van der Waals surface area contributed by atoms with Gasteiger partial charge in [0.15, 0.2) is 17.3 Å². The first kappa shape index (κ1) is 32.9. The van der Waals surface area contributed by atoms with Crippen LogP contribution in [-0.2, 0) is 11.8 Å². The maximum Gasteiger partial charge on any atom is 0.272 e. The van der Waals surface area contributed by atoms with Gasteiger partial charge in [-0.3, -0.25) is 24.0 Å². The van der Waals surface area contributed by atoms with Crippen molar-refractivity contribution in [1.82, 2.24) is 35.1 Å². The molecule has 46 heavy (non-hydrogen) atoms. The number of aliphatic hydroxyl groups excluding tert-OH is 1. The van der Waals surface area contributed by atoms with Crippen LogP contribution in [0.4, 0.5) is 21.6 Å². The molecule has 1 saturated carbocycles. The number of aliphatic hydroxyl groups is 1. The molecular formula is C28H31B3FN9O5. The molecule has 6 radical (unpaired) electrons. The van der Waals surface area contributed by atoms with E-state index < -0.39 is 17.0 Å². The number of piperazine rings is 1. The van der Waals surface area contributed by atoms with Gasteiger partial charge in [-0.15, -0.1) is 10.2 Å². The highest BCUT2D eigenvalue weighted by Gasteiger charge is 2.31. The van der Waals surface area contributed by atoms with Gasteiger partial charge in [0.1, 0.15) is 11.5 Å². The number of hydrogen-bond donors (Lipinski definition) is 4. The van der Waals surface area contributed by atoms with Gasteiger partial charge in [-0.2, -0.15) is 5.10 Å². The molecule has 5 rings (SSSR count). The fourth-order valence-electron chi connectivity index (χ4n) is 5.06. The van der Waals surface area contributed by atoms with Gasteiger partial charge in [-0.1, -0.05) is 5.24 Å². The van der Waals surface area contributed by atoms with Crippen molar-refractivity contribution < 1.29 is 28.6 Å². The highest BCUT2D eigenvalue weighted by atomic mass is 19.1. The van der Waals surface area contributed by atoms with Crippen molar-refractivity contribution in [1.29, 1.82) is 0 Å². The second-order valence-corrected chi connectivity index (χ2v) is 11.2. The summed E-state index contributed by atoms with van der Waals surface area (Å²) in [5.74, 6) is -2.04. The number of rotatable bonds is 11. The molecule has 1 aromatic carbocycles. The standard InChI is InChI=1S/C28H31B3FN9O5/c1-39-21(27(45)41-7-5-40(6-8-41)9-10-42)13-18(38-39)17-11-16(32)12-20(24(17)46-2)33-19-14-22(34-25(43)15-3-4-15)36-37-23(19)26(44)35-28(29,30)31/h11-15,42H,3-10H2,1-2H3,(H,35,44)(H2,33,34,36,43). The van der Waals surface area contributed by atoms with Crippen molar-refractivity contribution in [3.63, 3.8) is 0 Å². The summed E-state index contributed by atoms with van der Waals surface area (Å²) in [7, 11) is 19.6. The normalized spacial score (nSPS) is 15.3. The number of hydrogen-bond acceptors (Lipinski definition) is 10. The Morgan fingerprint density at radius 2 is 1.78 bits per heavy atom. The van der Waals surface area contributed by atoms with Crippen LogP contribution in [0.3, 0.4) is 0 Å². The number of aromatic nitrogens is 4. The third kappa shape index (κ3) is 7.67. The van der Waals surface area contributed by atoms with Crippen LogP contribution in [0.2, 0.25) is 0 Å². The smallest absolute Gasteiger partial charge is 0.272 e. The van der Waals surface area contributed by atoms with E-state index in [0.717, 1.165) is 18.9 Å². The summed E-state index contributed by atoms with van der Waals surface area (Å²) in [5, 5.41) is 27.2. The summed E-state index contributed by atoms with van der Waals surface area (Å²) in [4.78, 5) is 42.5. The van der Waals surface area contributed by atoms with Crippen molar-refractivity contribution in [2.75, 3.05) is 57.1 Å². The Labute approximate surface area is 268 Å². The lowest BCUT2D eigenvalue weighted by molar-refractivity contribution is -0.117. The molecule has 0 bridgehead atoms. The van der Waals surface area contributed by atoms with Gasteiger partial charge < -0.3 is 30.7 Å². The summed E-state index contributed by atoms with van der Waals surface area (Å²) in [6.45, 7) is 2.81. The number of carbonyl (C=O) groups excluding carboxylic acids is 3. The van der Waals surface area contributed by atoms with Crippen LogP contribution in [0.25, 0.3) is 11.3 Å². The number of anilines is 3. The molecule has 2 aromatic heterocycles. The molecule has 0 spiro atoms. The van der Waals surface area contributed by atoms with Crippen molar-refractivity contribution in [3.8, 4) is 17.0 Å². The lowest BCUT2D eigenvalue weighted by Crippen LogP contribution is -2.50. The Bertz CT molecular complexity index is 1640. The molecule has 2 fully saturated rings. The van der Waals surface area contributed by atoms with Crippen molar-refractivity contribution in [2.45, 2.75) is 18.1 Å². The Hall–Kier alpha value is -4.44. The molecule has 3 aromatic rings. The second-order valence-electron chi connectivity index (χ2n) is 11.2. The molecule has 18 heteroatoms. The van der Waals surface area contributed by atoms with E-state index in [-0.39, 0.29) is 69.9 Å². The van der Waals surface area contributed by atoms with Gasteiger partial charge in [0, 0.05) is 63.4 Å². The van der Waals surface area contributed by atoms with Gasteiger partial charge in [0.25, 0.3) is 11.8 Å². The number of carbonyl (C=O) groups is 3. The van der Waals surface area contributed by atoms with Crippen LogP contribution in [-0.4, -0.2) is 128 Å². The zero-order chi connectivity index (χ0) is 33.2. The van der Waals surface area contributed by atoms with E-state index in [9.17, 15) is 19.5 Å². The minimum Gasteiger partial charge on any atom is -0.494 e. The minimum atomic E-state index is -2.08. The summed E-state index contributed by atoms with van der Waals surface area (Å²) in [6, 6.07) is 5.23. The van der Waals surface area contributed by atoms with E-state index in [0.29, 0.717) is 32.7 Å². The number of methoxy groups -OCH3 is 1. The predicted molar refractivity (Wildman–Crippen MR) is 169 cm³/mol. The summed E-state index contributed by atoms with van der Waals surface area (Å²) in [6.07, 6.45) is 1.50. The fourth-order valence-corrected chi connectivity index (χ4v) is 5.06. The number of aryl methyl sites for hydroxylation is 1. The molecule has 0 atom stereocenters. The van der Waals surface area contributed by atoms with E-state index in [1.54, 1.807) is 18.0 Å². The van der Waals surface area contributed by atoms with Crippen molar-refractivity contribution in [3.05, 3.63) is 41.5 Å². The fraction of sp³-hybridized carbons (Fsp3) is 0.429. The SMILES string of the molecule is [B]C([B])([B])NC(=O)c1nnc(NC(=O)C2CC2)cc1Nc1cc(F)cc(-c2cc(C(=O)N3CCN(CCO)CC3)n(C)n2)c1OC. The summed E-state index contributed by atoms with van der Waals surface area (Å²) >= 11 is 0. The van der Waals surface area contributed by atoms with E-state index >= 15 is 4.39 Å². The van der Waals surface area contributed by atoms with Crippen LogP contribution >= 0.6 is 0 Å². The highest BCUT2D eigenvalue weighted by molar-refractivity contribution is 6.60. The highest BCUT2D eigenvalue weighted by Crippen LogP contribution is 2.39. The first-order valence-corrected chi connectivity index (χ1v) is 14.6. The quantitative estimate of drug-likeness (QED) is 0.208. The molecular weight excluding hydrogens is 594 g/mol. The molecule has 1 aliphatic heterocycles. The largest absolute Gasteiger partial charge is 0.494 e. The lowest BCUT2D eigenvalue weighted by Gasteiger charge is -2.34. The number of halogens is 1. The Balaban J connectivity index is 1.47. The van der Waals surface area contributed by atoms with Crippen molar-refractivity contribution >= 4 is 58.5 Å². The molecule has 4 N–H and O–H groups in total. The van der Waals surface area contributed by atoms with Gasteiger partial charge >= 0.3 is 0 Å². The zero-order valence-electron chi connectivity index (χ0n) is 25.4. The summed E-state index contributed by atoms with van der Waals surface area (Å²) < 4.78 is 22.3. The molecule has 2 aliphatic rings. The van der Waals surface area contributed by atoms with Crippen LogP contribution in [0.15, 0.2) is 24.3 Å². The maximum absolute atomic E-state index is 15.2. The van der Waals surface area contributed by atoms with Crippen LogP contribution in [0.1, 0.15) is 33.8 Å². The monoisotopic (exact) mass is 625 g/mol. The average Bonchev–Trinajstić information content (AvgIpc) is 3.78. The second kappa shape index (κ2) is 13.5. The van der Waals surface area contributed by atoms with E-state index in [4.69, 9.17) is 28.3 Å². The Kier molecular flexibility index (Phi) is 9.67. The topological polar surface area (TPSA) is 167 Å². The first-order valence-electron chi connectivity index (χ1n) is 14.6. The summed E-state index contributed by atoms with van der Waals surface area (Å²) in [5.41, 5.74) is 0.507. The van der Waals surface area contributed by atoms with E-state index in [2.05, 4.69) is 36.1 Å². The molecule has 14 nitrogen and oxygen atoms in total. The number of ether oxygens (including phenoxy) is 1. The number of benzene rings is 1. The Morgan fingerprint density at radius 3 is 2.41 bits per heavy atom. The van der Waals surface area contributed by atoms with Crippen LogP contribution in [0.5, 0.6) is 5.75 Å². The molecule has 0 unspecified atom stereocenters. The number of amides is 3. The van der Waals surface area contributed by atoms with E-state index in [1.165, 1.54) is 23.9 Å². The molecule has 3 amide bonds. The molecule has 234 valence electrons. The zero-order valence-corrected chi connectivity index (χ0v) is 25.4. The third-order valence-corrected chi connectivity index (χ3v) is 7.52.